The van der Waals surface area contributed by atoms with Crippen LogP contribution in [0.3, 0.4) is 0 Å². The maximum Gasteiger partial charge on any atom is 0.00697 e. The fourth-order valence-corrected chi connectivity index (χ4v) is 2.91. The van der Waals surface area contributed by atoms with Crippen molar-refractivity contribution in [2.24, 2.45) is 5.92 Å². The lowest BCUT2D eigenvalue weighted by Crippen LogP contribution is -2.34. The van der Waals surface area contributed by atoms with Gasteiger partial charge in [0.1, 0.15) is 0 Å². The van der Waals surface area contributed by atoms with Gasteiger partial charge in [0.25, 0.3) is 0 Å². The molecular formula is C16H25N. The van der Waals surface area contributed by atoms with Crippen molar-refractivity contribution in [1.29, 1.82) is 0 Å². The Morgan fingerprint density at radius 3 is 2.94 bits per heavy atom. The Balaban J connectivity index is 1.72. The monoisotopic (exact) mass is 231 g/mol. The minimum absolute atomic E-state index is 0.767. The molecule has 0 bridgehead atoms. The van der Waals surface area contributed by atoms with E-state index in [2.05, 4.69) is 43.4 Å². The average Bonchev–Trinajstić information content (AvgIpc) is 2.29. The van der Waals surface area contributed by atoms with E-state index in [1.165, 1.54) is 36.8 Å². The summed E-state index contributed by atoms with van der Waals surface area (Å²) in [6.07, 6.45) is 6.73. The summed E-state index contributed by atoms with van der Waals surface area (Å²) in [5.74, 6) is 0.917. The van der Waals surface area contributed by atoms with Crippen molar-refractivity contribution in [3.63, 3.8) is 0 Å². The van der Waals surface area contributed by atoms with E-state index in [0.29, 0.717) is 0 Å². The standard InChI is InChI=1S/C16H25N/c1-13-5-3-7-15(11-13)9-10-17-16-8-4-6-14(2)12-16/h3,5,7,11,14,16-17H,4,6,8-10,12H2,1-2H3. The second kappa shape index (κ2) is 6.20. The molecule has 1 fully saturated rings. The summed E-state index contributed by atoms with van der Waals surface area (Å²) in [5, 5.41) is 3.72. The summed E-state index contributed by atoms with van der Waals surface area (Å²) in [6.45, 7) is 5.68. The smallest absolute Gasteiger partial charge is 0.00697 e. The molecule has 1 aliphatic rings. The molecule has 2 rings (SSSR count). The van der Waals surface area contributed by atoms with Crippen LogP contribution < -0.4 is 5.32 Å². The molecule has 0 saturated heterocycles. The Morgan fingerprint density at radius 2 is 2.18 bits per heavy atom. The first-order chi connectivity index (χ1) is 8.24. The summed E-state index contributed by atoms with van der Waals surface area (Å²) in [4.78, 5) is 0. The van der Waals surface area contributed by atoms with Crippen molar-refractivity contribution in [3.8, 4) is 0 Å². The van der Waals surface area contributed by atoms with Gasteiger partial charge in [-0.25, -0.2) is 0 Å². The van der Waals surface area contributed by atoms with Crippen LogP contribution >= 0.6 is 0 Å². The predicted molar refractivity (Wildman–Crippen MR) is 74.3 cm³/mol. The van der Waals surface area contributed by atoms with Crippen molar-refractivity contribution in [2.75, 3.05) is 6.54 Å². The summed E-state index contributed by atoms with van der Waals surface area (Å²) in [7, 11) is 0. The Labute approximate surface area is 106 Å². The highest BCUT2D eigenvalue weighted by Gasteiger charge is 2.17. The third-order valence-electron chi connectivity index (χ3n) is 3.87. The molecule has 0 heterocycles. The van der Waals surface area contributed by atoms with Gasteiger partial charge < -0.3 is 5.32 Å². The van der Waals surface area contributed by atoms with Crippen LogP contribution in [0.4, 0.5) is 0 Å². The van der Waals surface area contributed by atoms with E-state index in [-0.39, 0.29) is 0 Å². The zero-order valence-electron chi connectivity index (χ0n) is 11.2. The molecule has 94 valence electrons. The number of hydrogen-bond acceptors (Lipinski definition) is 1. The fraction of sp³-hybridized carbons (Fsp3) is 0.625. The minimum Gasteiger partial charge on any atom is -0.314 e. The van der Waals surface area contributed by atoms with Crippen molar-refractivity contribution in [1.82, 2.24) is 5.32 Å². The lowest BCUT2D eigenvalue weighted by Gasteiger charge is -2.27. The molecule has 1 aliphatic carbocycles. The molecular weight excluding hydrogens is 206 g/mol. The Morgan fingerprint density at radius 1 is 1.29 bits per heavy atom. The van der Waals surface area contributed by atoms with Gasteiger partial charge in [0.2, 0.25) is 0 Å². The third kappa shape index (κ3) is 4.16. The second-order valence-electron chi connectivity index (χ2n) is 5.66. The van der Waals surface area contributed by atoms with Crippen LogP contribution in [0.2, 0.25) is 0 Å². The Hall–Kier alpha value is -0.820. The van der Waals surface area contributed by atoms with Crippen LogP contribution in [-0.4, -0.2) is 12.6 Å². The zero-order valence-corrected chi connectivity index (χ0v) is 11.2. The molecule has 1 aromatic carbocycles. The van der Waals surface area contributed by atoms with Gasteiger partial charge in [0, 0.05) is 6.04 Å². The van der Waals surface area contributed by atoms with E-state index >= 15 is 0 Å². The maximum atomic E-state index is 3.72. The number of aryl methyl sites for hydroxylation is 1. The van der Waals surface area contributed by atoms with Gasteiger partial charge in [-0.05, 0) is 44.2 Å². The van der Waals surface area contributed by atoms with Gasteiger partial charge in [-0.3, -0.25) is 0 Å². The summed E-state index contributed by atoms with van der Waals surface area (Å²) < 4.78 is 0. The largest absolute Gasteiger partial charge is 0.314 e. The molecule has 0 radical (unpaired) electrons. The van der Waals surface area contributed by atoms with Crippen LogP contribution in [0.5, 0.6) is 0 Å². The topological polar surface area (TPSA) is 12.0 Å². The number of rotatable bonds is 4. The number of benzene rings is 1. The summed E-state index contributed by atoms with van der Waals surface area (Å²) in [6, 6.07) is 9.62. The summed E-state index contributed by atoms with van der Waals surface area (Å²) >= 11 is 0. The van der Waals surface area contributed by atoms with Crippen molar-refractivity contribution >= 4 is 0 Å². The van der Waals surface area contributed by atoms with Crippen LogP contribution in [0.15, 0.2) is 24.3 Å². The molecule has 0 aromatic heterocycles. The lowest BCUT2D eigenvalue weighted by molar-refractivity contribution is 0.303. The van der Waals surface area contributed by atoms with E-state index in [1.54, 1.807) is 0 Å². The molecule has 2 atom stereocenters. The minimum atomic E-state index is 0.767. The molecule has 17 heavy (non-hydrogen) atoms. The molecule has 0 amide bonds. The van der Waals surface area contributed by atoms with Gasteiger partial charge in [-0.15, -0.1) is 0 Å². The maximum absolute atomic E-state index is 3.72. The summed E-state index contributed by atoms with van der Waals surface area (Å²) in [5.41, 5.74) is 2.83. The van der Waals surface area contributed by atoms with Crippen LogP contribution in [-0.2, 0) is 6.42 Å². The van der Waals surface area contributed by atoms with Crippen molar-refractivity contribution in [2.45, 2.75) is 52.0 Å². The zero-order chi connectivity index (χ0) is 12.1. The molecule has 2 unspecified atom stereocenters. The average molecular weight is 231 g/mol. The molecule has 0 spiro atoms. The highest BCUT2D eigenvalue weighted by molar-refractivity contribution is 5.22. The molecule has 1 heteroatoms. The first kappa shape index (κ1) is 12.6. The lowest BCUT2D eigenvalue weighted by atomic mass is 9.87. The molecule has 1 N–H and O–H groups in total. The highest BCUT2D eigenvalue weighted by atomic mass is 14.9. The Bertz CT molecular complexity index is 345. The van der Waals surface area contributed by atoms with Gasteiger partial charge in [0.05, 0.1) is 0 Å². The Kier molecular flexibility index (Phi) is 4.61. The van der Waals surface area contributed by atoms with Crippen molar-refractivity contribution < 1.29 is 0 Å². The molecule has 1 aromatic rings. The molecule has 1 nitrogen and oxygen atoms in total. The SMILES string of the molecule is Cc1cccc(CCNC2CCCC(C)C2)c1. The number of nitrogens with one attached hydrogen (secondary N) is 1. The second-order valence-corrected chi connectivity index (χ2v) is 5.66. The molecule has 1 saturated carbocycles. The number of hydrogen-bond donors (Lipinski definition) is 1. The first-order valence-electron chi connectivity index (χ1n) is 7.03. The van der Waals surface area contributed by atoms with Gasteiger partial charge in [-0.1, -0.05) is 49.6 Å². The first-order valence-corrected chi connectivity index (χ1v) is 7.03. The van der Waals surface area contributed by atoms with E-state index in [4.69, 9.17) is 0 Å². The van der Waals surface area contributed by atoms with Crippen LogP contribution in [0.1, 0.15) is 43.7 Å². The highest BCUT2D eigenvalue weighted by Crippen LogP contribution is 2.23. The van der Waals surface area contributed by atoms with Crippen LogP contribution in [0, 0.1) is 12.8 Å². The normalized spacial score (nSPS) is 24.8. The van der Waals surface area contributed by atoms with Gasteiger partial charge >= 0.3 is 0 Å². The quantitative estimate of drug-likeness (QED) is 0.833. The molecule has 0 aliphatic heterocycles. The van der Waals surface area contributed by atoms with E-state index in [9.17, 15) is 0 Å². The van der Waals surface area contributed by atoms with E-state index in [0.717, 1.165) is 24.9 Å². The van der Waals surface area contributed by atoms with Crippen molar-refractivity contribution in [3.05, 3.63) is 35.4 Å². The fourth-order valence-electron chi connectivity index (χ4n) is 2.91. The van der Waals surface area contributed by atoms with Gasteiger partial charge in [0.15, 0.2) is 0 Å². The van der Waals surface area contributed by atoms with Crippen LogP contribution in [0.25, 0.3) is 0 Å². The third-order valence-corrected chi connectivity index (χ3v) is 3.87. The van der Waals surface area contributed by atoms with E-state index in [1.807, 2.05) is 0 Å². The predicted octanol–water partition coefficient (Wildman–Crippen LogP) is 3.71. The van der Waals surface area contributed by atoms with E-state index < -0.39 is 0 Å². The van der Waals surface area contributed by atoms with Gasteiger partial charge in [-0.2, -0.15) is 0 Å².